The van der Waals surface area contributed by atoms with Gasteiger partial charge in [-0.25, -0.2) is 4.79 Å². The maximum Gasteiger partial charge on any atom is 0.408 e. The van der Waals surface area contributed by atoms with Gasteiger partial charge in [-0.3, -0.25) is 4.90 Å². The zero-order chi connectivity index (χ0) is 20.9. The van der Waals surface area contributed by atoms with Gasteiger partial charge in [0.15, 0.2) is 0 Å². The zero-order valence-corrected chi connectivity index (χ0v) is 17.2. The van der Waals surface area contributed by atoms with Crippen LogP contribution in [0.15, 0.2) is 54.6 Å². The molecule has 2 bridgehead atoms. The molecule has 3 fully saturated rings. The first-order chi connectivity index (χ1) is 14.7. The van der Waals surface area contributed by atoms with Crippen LogP contribution in [0.3, 0.4) is 0 Å². The second-order valence-corrected chi connectivity index (χ2v) is 8.21. The van der Waals surface area contributed by atoms with Gasteiger partial charge in [-0.05, 0) is 55.1 Å². The van der Waals surface area contributed by atoms with Crippen molar-refractivity contribution in [1.29, 1.82) is 0 Å². The van der Waals surface area contributed by atoms with E-state index < -0.39 is 12.1 Å². The molecule has 0 saturated carbocycles. The standard InChI is InChI=1S/C24H30N2O4/c27-14-5-15-30-21-9-4-8-20(16-21)23(19-6-2-1-3-7-19)26(24(28)29)22-17-25-12-10-18(22)11-13-25/h1-4,6-9,16,18,22-23,27H,5,10-15,17H2,(H,28,29)/t22?,23-/m1/s1. The van der Waals surface area contributed by atoms with Crippen LogP contribution >= 0.6 is 0 Å². The number of hydrogen-bond acceptors (Lipinski definition) is 4. The summed E-state index contributed by atoms with van der Waals surface area (Å²) in [7, 11) is 0. The molecular formula is C24H30N2O4. The molecule has 160 valence electrons. The summed E-state index contributed by atoms with van der Waals surface area (Å²) >= 11 is 0. The van der Waals surface area contributed by atoms with Gasteiger partial charge in [-0.1, -0.05) is 42.5 Å². The molecule has 1 unspecified atom stereocenters. The first-order valence-corrected chi connectivity index (χ1v) is 10.8. The summed E-state index contributed by atoms with van der Waals surface area (Å²) in [6, 6.07) is 17.2. The Morgan fingerprint density at radius 2 is 1.83 bits per heavy atom. The second-order valence-electron chi connectivity index (χ2n) is 8.21. The van der Waals surface area contributed by atoms with Crippen LogP contribution in [0.1, 0.15) is 36.4 Å². The number of carbonyl (C=O) groups is 1. The van der Waals surface area contributed by atoms with Crippen LogP contribution in [-0.2, 0) is 0 Å². The first kappa shape index (κ1) is 20.7. The van der Waals surface area contributed by atoms with Crippen molar-refractivity contribution in [3.8, 4) is 5.75 Å². The topological polar surface area (TPSA) is 73.2 Å². The number of piperidine rings is 3. The second kappa shape index (κ2) is 9.49. The molecule has 3 saturated heterocycles. The van der Waals surface area contributed by atoms with Gasteiger partial charge in [0.1, 0.15) is 5.75 Å². The Balaban J connectivity index is 1.71. The van der Waals surface area contributed by atoms with E-state index in [-0.39, 0.29) is 12.6 Å². The molecule has 30 heavy (non-hydrogen) atoms. The van der Waals surface area contributed by atoms with Gasteiger partial charge < -0.3 is 19.8 Å². The van der Waals surface area contributed by atoms with Crippen molar-refractivity contribution < 1.29 is 19.7 Å². The number of amides is 1. The predicted molar refractivity (Wildman–Crippen MR) is 115 cm³/mol. The van der Waals surface area contributed by atoms with E-state index in [1.54, 1.807) is 4.90 Å². The summed E-state index contributed by atoms with van der Waals surface area (Å²) in [4.78, 5) is 16.7. The molecule has 0 aliphatic carbocycles. The number of nitrogens with zero attached hydrogens (tertiary/aromatic N) is 2. The molecule has 6 heteroatoms. The fourth-order valence-corrected chi connectivity index (χ4v) is 4.87. The Labute approximate surface area is 177 Å². The van der Waals surface area contributed by atoms with Crippen molar-refractivity contribution in [3.05, 3.63) is 65.7 Å². The van der Waals surface area contributed by atoms with Gasteiger partial charge >= 0.3 is 6.09 Å². The Morgan fingerprint density at radius 3 is 2.47 bits per heavy atom. The molecule has 0 aromatic heterocycles. The lowest BCUT2D eigenvalue weighted by molar-refractivity contribution is -0.000812. The molecule has 5 rings (SSSR count). The first-order valence-electron chi connectivity index (χ1n) is 10.8. The highest BCUT2D eigenvalue weighted by Gasteiger charge is 2.43. The number of aliphatic hydroxyl groups excluding tert-OH is 1. The number of aliphatic hydroxyl groups is 1. The molecule has 2 aromatic rings. The quantitative estimate of drug-likeness (QED) is 0.651. The number of carboxylic acid groups (broad SMARTS) is 1. The van der Waals surface area contributed by atoms with Gasteiger partial charge in [-0.2, -0.15) is 0 Å². The number of fused-ring (bicyclic) bond motifs is 3. The molecule has 3 aliphatic rings. The normalized spacial score (nSPS) is 23.7. The molecule has 1 amide bonds. The highest BCUT2D eigenvalue weighted by molar-refractivity contribution is 5.67. The van der Waals surface area contributed by atoms with Crippen molar-refractivity contribution in [1.82, 2.24) is 9.80 Å². The number of hydrogen-bond donors (Lipinski definition) is 2. The van der Waals surface area contributed by atoms with Gasteiger partial charge in [0.2, 0.25) is 0 Å². The number of rotatable bonds is 8. The lowest BCUT2D eigenvalue weighted by Crippen LogP contribution is -2.59. The van der Waals surface area contributed by atoms with E-state index in [0.29, 0.717) is 24.7 Å². The van der Waals surface area contributed by atoms with Gasteiger partial charge in [0.05, 0.1) is 18.7 Å². The summed E-state index contributed by atoms with van der Waals surface area (Å²) < 4.78 is 5.77. The Morgan fingerprint density at radius 1 is 1.10 bits per heavy atom. The summed E-state index contributed by atoms with van der Waals surface area (Å²) in [5.74, 6) is 1.10. The molecule has 0 radical (unpaired) electrons. The highest BCUT2D eigenvalue weighted by atomic mass is 16.5. The van der Waals surface area contributed by atoms with Crippen molar-refractivity contribution in [2.45, 2.75) is 31.3 Å². The van der Waals surface area contributed by atoms with Crippen molar-refractivity contribution >= 4 is 6.09 Å². The van der Waals surface area contributed by atoms with E-state index in [0.717, 1.165) is 43.6 Å². The minimum atomic E-state index is -0.880. The van der Waals surface area contributed by atoms with Crippen LogP contribution < -0.4 is 4.74 Å². The Kier molecular flexibility index (Phi) is 6.55. The van der Waals surface area contributed by atoms with Crippen LogP contribution in [0.4, 0.5) is 4.79 Å². The van der Waals surface area contributed by atoms with E-state index in [4.69, 9.17) is 9.84 Å². The third-order valence-electron chi connectivity index (χ3n) is 6.34. The maximum absolute atomic E-state index is 12.6. The third kappa shape index (κ3) is 4.45. The van der Waals surface area contributed by atoms with Crippen molar-refractivity contribution in [2.24, 2.45) is 5.92 Å². The SMILES string of the molecule is O=C(O)N(C1CN2CCC1CC2)[C@H](c1ccccc1)c1cccc(OCCCO)c1. The largest absolute Gasteiger partial charge is 0.493 e. The van der Waals surface area contributed by atoms with E-state index in [9.17, 15) is 9.90 Å². The van der Waals surface area contributed by atoms with Gasteiger partial charge in [0.25, 0.3) is 0 Å². The Bertz CT molecular complexity index is 836. The van der Waals surface area contributed by atoms with E-state index in [2.05, 4.69) is 4.90 Å². The van der Waals surface area contributed by atoms with Crippen LogP contribution in [0, 0.1) is 5.92 Å². The van der Waals surface area contributed by atoms with Crippen LogP contribution in [0.5, 0.6) is 5.75 Å². The predicted octanol–water partition coefficient (Wildman–Crippen LogP) is 3.61. The summed E-state index contributed by atoms with van der Waals surface area (Å²) in [6.45, 7) is 3.45. The molecule has 3 aliphatic heterocycles. The number of benzene rings is 2. The van der Waals surface area contributed by atoms with Crippen LogP contribution in [0.25, 0.3) is 0 Å². The molecule has 0 spiro atoms. The summed E-state index contributed by atoms with van der Waals surface area (Å²) in [5, 5.41) is 19.3. The summed E-state index contributed by atoms with van der Waals surface area (Å²) in [5.41, 5.74) is 1.87. The highest BCUT2D eigenvalue weighted by Crippen LogP contribution is 2.38. The van der Waals surface area contributed by atoms with Gasteiger partial charge in [0, 0.05) is 19.6 Å². The zero-order valence-electron chi connectivity index (χ0n) is 17.2. The van der Waals surface area contributed by atoms with Crippen molar-refractivity contribution in [2.75, 3.05) is 32.8 Å². The van der Waals surface area contributed by atoms with Crippen molar-refractivity contribution in [3.63, 3.8) is 0 Å². The van der Waals surface area contributed by atoms with E-state index >= 15 is 0 Å². The van der Waals surface area contributed by atoms with E-state index in [1.165, 1.54) is 0 Å². The molecule has 6 nitrogen and oxygen atoms in total. The maximum atomic E-state index is 12.6. The monoisotopic (exact) mass is 410 g/mol. The molecule has 2 atom stereocenters. The Hall–Kier alpha value is -2.57. The summed E-state index contributed by atoms with van der Waals surface area (Å²) in [6.07, 6.45) is 1.79. The average molecular weight is 411 g/mol. The lowest BCUT2D eigenvalue weighted by Gasteiger charge is -2.50. The third-order valence-corrected chi connectivity index (χ3v) is 6.34. The molecular weight excluding hydrogens is 380 g/mol. The smallest absolute Gasteiger partial charge is 0.408 e. The van der Waals surface area contributed by atoms with Gasteiger partial charge in [-0.15, -0.1) is 0 Å². The average Bonchev–Trinajstić information content (AvgIpc) is 2.79. The van der Waals surface area contributed by atoms with Crippen LogP contribution in [0.2, 0.25) is 0 Å². The number of ether oxygens (including phenoxy) is 1. The lowest BCUT2D eigenvalue weighted by atomic mass is 9.81. The molecule has 2 aromatic carbocycles. The van der Waals surface area contributed by atoms with Crippen LogP contribution in [-0.4, -0.2) is 65.0 Å². The fourth-order valence-electron chi connectivity index (χ4n) is 4.87. The molecule has 3 heterocycles. The minimum absolute atomic E-state index is 0.0193. The van der Waals surface area contributed by atoms with E-state index in [1.807, 2.05) is 54.6 Å². The minimum Gasteiger partial charge on any atom is -0.493 e. The fraction of sp³-hybridized carbons (Fsp3) is 0.458. The molecule has 2 N–H and O–H groups in total.